The number of tetrazole rings is 1. The summed E-state index contributed by atoms with van der Waals surface area (Å²) in [5.74, 6) is 0.433. The van der Waals surface area contributed by atoms with E-state index in [0.29, 0.717) is 11.7 Å². The first-order chi connectivity index (χ1) is 13.2. The molecule has 2 atom stereocenters. The molecule has 1 aliphatic carbocycles. The molecule has 0 radical (unpaired) electrons. The molecule has 4 rings (SSSR count). The molecule has 0 amide bonds. The molecule has 0 bridgehead atoms. The smallest absolute Gasteiger partial charge is 0.311 e. The van der Waals surface area contributed by atoms with E-state index in [1.165, 1.54) is 0 Å². The zero-order valence-electron chi connectivity index (χ0n) is 15.6. The van der Waals surface area contributed by atoms with Crippen LogP contribution < -0.4 is 0 Å². The molecule has 0 unspecified atom stereocenters. The van der Waals surface area contributed by atoms with Gasteiger partial charge in [0.25, 0.3) is 0 Å². The van der Waals surface area contributed by atoms with Crippen molar-refractivity contribution >= 4 is 5.97 Å². The molecule has 1 aromatic carbocycles. The van der Waals surface area contributed by atoms with Crippen molar-refractivity contribution in [2.45, 2.75) is 45.1 Å². The van der Waals surface area contributed by atoms with Crippen molar-refractivity contribution in [3.63, 3.8) is 0 Å². The van der Waals surface area contributed by atoms with E-state index < -0.39 is 11.4 Å². The monoisotopic (exact) mass is 369 g/mol. The summed E-state index contributed by atoms with van der Waals surface area (Å²) in [4.78, 5) is 15.8. The van der Waals surface area contributed by atoms with Crippen LogP contribution in [0.25, 0.3) is 11.4 Å². The molecule has 1 saturated heterocycles. The number of unbranched alkanes of at least 4 members (excludes halogenated alkanes) is 2. The largest absolute Gasteiger partial charge is 0.481 e. The van der Waals surface area contributed by atoms with Crippen LogP contribution in [0.5, 0.6) is 0 Å². The van der Waals surface area contributed by atoms with Gasteiger partial charge in [-0.1, -0.05) is 43.2 Å². The summed E-state index contributed by atoms with van der Waals surface area (Å²) in [6.07, 6.45) is 6.18. The lowest BCUT2D eigenvalue weighted by atomic mass is 9.81. The van der Waals surface area contributed by atoms with Crippen LogP contribution in [-0.2, 0) is 11.3 Å². The minimum Gasteiger partial charge on any atom is -0.481 e. The van der Waals surface area contributed by atoms with Gasteiger partial charge in [0.05, 0.1) is 12.0 Å². The Morgan fingerprint density at radius 1 is 1.19 bits per heavy atom. The summed E-state index contributed by atoms with van der Waals surface area (Å²) >= 11 is 0. The molecule has 7 nitrogen and oxygen atoms in total. The average molecular weight is 369 g/mol. The Bertz CT molecular complexity index is 778. The molecule has 1 saturated carbocycles. The van der Waals surface area contributed by atoms with Gasteiger partial charge in [-0.2, -0.15) is 4.80 Å². The second-order valence-corrected chi connectivity index (χ2v) is 7.92. The zero-order chi connectivity index (χ0) is 18.7. The van der Waals surface area contributed by atoms with Gasteiger partial charge in [-0.3, -0.25) is 4.79 Å². The molecule has 144 valence electrons. The van der Waals surface area contributed by atoms with Gasteiger partial charge in [0.15, 0.2) is 0 Å². The van der Waals surface area contributed by atoms with E-state index in [1.807, 2.05) is 30.3 Å². The lowest BCUT2D eigenvalue weighted by Gasteiger charge is -2.23. The Labute approximate surface area is 159 Å². The topological polar surface area (TPSA) is 84.1 Å². The highest BCUT2D eigenvalue weighted by molar-refractivity contribution is 5.76. The first-order valence-electron chi connectivity index (χ1n) is 9.96. The predicted molar refractivity (Wildman–Crippen MR) is 101 cm³/mol. The molecule has 1 aromatic heterocycles. The van der Waals surface area contributed by atoms with Crippen molar-refractivity contribution in [1.82, 2.24) is 25.1 Å². The quantitative estimate of drug-likeness (QED) is 0.720. The molecule has 1 aliphatic heterocycles. The number of hydrogen-bond acceptors (Lipinski definition) is 5. The second-order valence-electron chi connectivity index (χ2n) is 7.92. The maximum atomic E-state index is 11.7. The number of aromatic nitrogens is 4. The molecule has 2 fully saturated rings. The SMILES string of the molecule is O=C(O)[C@@]12CCC[C@H]1CN(CCCCCn1nnc(-c3ccccc3)n1)C2. The first kappa shape index (κ1) is 18.1. The molecule has 1 N–H and O–H groups in total. The van der Waals surface area contributed by atoms with Crippen molar-refractivity contribution in [2.24, 2.45) is 11.3 Å². The summed E-state index contributed by atoms with van der Waals surface area (Å²) in [5.41, 5.74) is 0.522. The van der Waals surface area contributed by atoms with E-state index in [1.54, 1.807) is 4.80 Å². The van der Waals surface area contributed by atoms with Crippen LogP contribution in [0.4, 0.5) is 0 Å². The molecule has 2 aromatic rings. The summed E-state index contributed by atoms with van der Waals surface area (Å²) < 4.78 is 0. The first-order valence-corrected chi connectivity index (χ1v) is 9.96. The van der Waals surface area contributed by atoms with Crippen LogP contribution in [-0.4, -0.2) is 55.8 Å². The van der Waals surface area contributed by atoms with Gasteiger partial charge in [-0.25, -0.2) is 0 Å². The van der Waals surface area contributed by atoms with Gasteiger partial charge in [-0.05, 0) is 43.4 Å². The molecular weight excluding hydrogens is 342 g/mol. The fraction of sp³-hybridized carbons (Fsp3) is 0.600. The van der Waals surface area contributed by atoms with Crippen molar-refractivity contribution in [3.8, 4) is 11.4 Å². The number of aryl methyl sites for hydroxylation is 1. The molecule has 0 spiro atoms. The number of benzene rings is 1. The maximum absolute atomic E-state index is 11.7. The van der Waals surface area contributed by atoms with Crippen LogP contribution in [0.3, 0.4) is 0 Å². The number of carboxylic acid groups (broad SMARTS) is 1. The summed E-state index contributed by atoms with van der Waals surface area (Å²) in [5, 5.41) is 22.4. The predicted octanol–water partition coefficient (Wildman–Crippen LogP) is 2.70. The van der Waals surface area contributed by atoms with Gasteiger partial charge in [-0.15, -0.1) is 10.2 Å². The number of fused-ring (bicyclic) bond motifs is 1. The number of likely N-dealkylation sites (tertiary alicyclic amines) is 1. The average Bonchev–Trinajstić information content (AvgIpc) is 3.36. The van der Waals surface area contributed by atoms with Crippen LogP contribution in [0.1, 0.15) is 38.5 Å². The fourth-order valence-electron chi connectivity index (χ4n) is 4.72. The maximum Gasteiger partial charge on any atom is 0.311 e. The Balaban J connectivity index is 1.19. The summed E-state index contributed by atoms with van der Waals surface area (Å²) in [6, 6.07) is 9.88. The van der Waals surface area contributed by atoms with Gasteiger partial charge in [0.2, 0.25) is 5.82 Å². The van der Waals surface area contributed by atoms with Crippen molar-refractivity contribution in [1.29, 1.82) is 0 Å². The minimum atomic E-state index is -0.584. The van der Waals surface area contributed by atoms with Crippen LogP contribution in [0, 0.1) is 11.3 Å². The van der Waals surface area contributed by atoms with Gasteiger partial charge < -0.3 is 10.0 Å². The number of hydrogen-bond donors (Lipinski definition) is 1. The van der Waals surface area contributed by atoms with E-state index >= 15 is 0 Å². The van der Waals surface area contributed by atoms with Gasteiger partial charge in [0, 0.05) is 18.7 Å². The van der Waals surface area contributed by atoms with Crippen LogP contribution in [0.15, 0.2) is 30.3 Å². The fourth-order valence-corrected chi connectivity index (χ4v) is 4.72. The Hall–Kier alpha value is -2.28. The number of rotatable bonds is 8. The number of nitrogens with zero attached hydrogens (tertiary/aromatic N) is 5. The molecule has 27 heavy (non-hydrogen) atoms. The number of carboxylic acids is 1. The van der Waals surface area contributed by atoms with Crippen molar-refractivity contribution < 1.29 is 9.90 Å². The molecule has 2 aliphatic rings. The number of aliphatic carboxylic acids is 1. The van der Waals surface area contributed by atoms with Crippen LogP contribution >= 0.6 is 0 Å². The van der Waals surface area contributed by atoms with Gasteiger partial charge >= 0.3 is 5.97 Å². The third-order valence-corrected chi connectivity index (χ3v) is 6.18. The number of carbonyl (C=O) groups is 1. The Morgan fingerprint density at radius 3 is 2.78 bits per heavy atom. The highest BCUT2D eigenvalue weighted by Gasteiger charge is 2.54. The standard InChI is InChI=1S/C20H27N5O2/c26-19(27)20-11-7-10-17(20)14-24(15-20)12-5-2-6-13-25-22-18(21-23-25)16-8-3-1-4-9-16/h1,3-4,8-9,17H,2,5-7,10-15H2,(H,26,27)/t17-,20+/m0/s1. The van der Waals surface area contributed by atoms with E-state index in [9.17, 15) is 9.90 Å². The van der Waals surface area contributed by atoms with E-state index in [2.05, 4.69) is 20.3 Å². The summed E-state index contributed by atoms with van der Waals surface area (Å²) in [7, 11) is 0. The lowest BCUT2D eigenvalue weighted by molar-refractivity contribution is -0.149. The van der Waals surface area contributed by atoms with Gasteiger partial charge in [0.1, 0.15) is 0 Å². The molecule has 2 heterocycles. The van der Waals surface area contributed by atoms with Crippen molar-refractivity contribution in [3.05, 3.63) is 30.3 Å². The Morgan fingerprint density at radius 2 is 2.00 bits per heavy atom. The zero-order valence-corrected chi connectivity index (χ0v) is 15.6. The van der Waals surface area contributed by atoms with E-state index in [4.69, 9.17) is 0 Å². The third kappa shape index (κ3) is 3.74. The highest BCUT2D eigenvalue weighted by atomic mass is 16.4. The van der Waals surface area contributed by atoms with E-state index in [-0.39, 0.29) is 0 Å². The lowest BCUT2D eigenvalue weighted by Crippen LogP contribution is -2.35. The summed E-state index contributed by atoms with van der Waals surface area (Å²) in [6.45, 7) is 3.45. The molecule has 7 heteroatoms. The Kier molecular flexibility index (Phi) is 5.20. The van der Waals surface area contributed by atoms with Crippen LogP contribution in [0.2, 0.25) is 0 Å². The normalized spacial score (nSPS) is 25.0. The highest BCUT2D eigenvalue weighted by Crippen LogP contribution is 2.48. The third-order valence-electron chi connectivity index (χ3n) is 6.18. The van der Waals surface area contributed by atoms with Crippen molar-refractivity contribution in [2.75, 3.05) is 19.6 Å². The minimum absolute atomic E-state index is 0.353. The van der Waals surface area contributed by atoms with E-state index in [0.717, 1.165) is 70.3 Å². The second kappa shape index (κ2) is 7.76. The molecular formula is C20H27N5O2.